The van der Waals surface area contributed by atoms with E-state index in [9.17, 15) is 9.59 Å². The summed E-state index contributed by atoms with van der Waals surface area (Å²) in [4.78, 5) is 29.6. The van der Waals surface area contributed by atoms with Crippen molar-refractivity contribution in [1.82, 2.24) is 14.9 Å². The van der Waals surface area contributed by atoms with Crippen LogP contribution in [0.15, 0.2) is 30.9 Å². The van der Waals surface area contributed by atoms with Crippen LogP contribution in [-0.2, 0) is 13.0 Å². The highest BCUT2D eigenvalue weighted by Gasteiger charge is 2.27. The van der Waals surface area contributed by atoms with E-state index in [1.165, 1.54) is 0 Å². The summed E-state index contributed by atoms with van der Waals surface area (Å²) in [5.41, 5.74) is 4.07. The van der Waals surface area contributed by atoms with Crippen molar-refractivity contribution in [3.05, 3.63) is 59.2 Å². The van der Waals surface area contributed by atoms with Crippen LogP contribution in [0.4, 0.5) is 5.69 Å². The molecule has 0 aliphatic carbocycles. The number of rotatable bonds is 5. The number of hydrogen-bond acceptors (Lipinski definition) is 3. The van der Waals surface area contributed by atoms with Crippen LogP contribution < -0.4 is 10.6 Å². The first-order valence-corrected chi connectivity index (χ1v) is 8.88. The van der Waals surface area contributed by atoms with E-state index in [2.05, 4.69) is 22.2 Å². The summed E-state index contributed by atoms with van der Waals surface area (Å²) in [6.07, 6.45) is 4.33. The van der Waals surface area contributed by atoms with E-state index < -0.39 is 0 Å². The number of benzene rings is 1. The molecule has 2 amide bonds. The molecular weight excluding hydrogens is 328 g/mol. The molecule has 26 heavy (non-hydrogen) atoms. The lowest BCUT2D eigenvalue weighted by Gasteiger charge is -2.17. The smallest absolute Gasteiger partial charge is 0.291 e. The fourth-order valence-electron chi connectivity index (χ4n) is 3.28. The van der Waals surface area contributed by atoms with Crippen LogP contribution in [0.25, 0.3) is 0 Å². The minimum atomic E-state index is -0.289. The van der Waals surface area contributed by atoms with Gasteiger partial charge in [0.25, 0.3) is 11.8 Å². The molecule has 0 atom stereocenters. The molecule has 0 saturated carbocycles. The number of imidazole rings is 1. The maximum absolute atomic E-state index is 12.8. The molecule has 0 spiro atoms. The number of anilines is 1. The highest BCUT2D eigenvalue weighted by atomic mass is 16.2. The van der Waals surface area contributed by atoms with Crippen molar-refractivity contribution in [3.63, 3.8) is 0 Å². The maximum Gasteiger partial charge on any atom is 0.291 e. The molecule has 1 aliphatic heterocycles. The van der Waals surface area contributed by atoms with Gasteiger partial charge in [-0.15, -0.1) is 6.58 Å². The maximum atomic E-state index is 12.8. The van der Waals surface area contributed by atoms with E-state index in [1.54, 1.807) is 6.08 Å². The lowest BCUT2D eigenvalue weighted by molar-refractivity contribution is 0.0952. The first-order chi connectivity index (χ1) is 12.5. The third kappa shape index (κ3) is 3.54. The van der Waals surface area contributed by atoms with E-state index >= 15 is 0 Å². The Balaban J connectivity index is 1.91. The Hall–Kier alpha value is -2.89. The zero-order valence-electron chi connectivity index (χ0n) is 15.3. The van der Waals surface area contributed by atoms with Gasteiger partial charge in [0.05, 0.1) is 5.69 Å². The Bertz CT molecular complexity index is 867. The van der Waals surface area contributed by atoms with Gasteiger partial charge >= 0.3 is 0 Å². The lowest BCUT2D eigenvalue weighted by Crippen LogP contribution is -2.25. The van der Waals surface area contributed by atoms with Gasteiger partial charge in [0.15, 0.2) is 5.82 Å². The van der Waals surface area contributed by atoms with E-state index in [0.29, 0.717) is 24.6 Å². The number of nitrogens with one attached hydrogen (secondary N) is 2. The van der Waals surface area contributed by atoms with Gasteiger partial charge in [-0.2, -0.15) is 0 Å². The van der Waals surface area contributed by atoms with E-state index in [0.717, 1.165) is 41.8 Å². The monoisotopic (exact) mass is 352 g/mol. The molecule has 1 aromatic heterocycles. The fraction of sp³-hybridized carbons (Fsp3) is 0.350. The SMILES string of the molecule is C=CCNC(=O)c1nc(C(=O)Nc2ccc(C)cc2C)n2c1CCCC2. The summed E-state index contributed by atoms with van der Waals surface area (Å²) in [7, 11) is 0. The van der Waals surface area contributed by atoms with Crippen molar-refractivity contribution < 1.29 is 9.59 Å². The molecule has 3 rings (SSSR count). The van der Waals surface area contributed by atoms with Crippen molar-refractivity contribution >= 4 is 17.5 Å². The van der Waals surface area contributed by atoms with Crippen LogP contribution in [0, 0.1) is 13.8 Å². The average Bonchev–Trinajstić information content (AvgIpc) is 3.02. The zero-order valence-corrected chi connectivity index (χ0v) is 15.3. The highest BCUT2D eigenvalue weighted by Crippen LogP contribution is 2.23. The van der Waals surface area contributed by atoms with E-state index in [4.69, 9.17) is 0 Å². The fourth-order valence-corrected chi connectivity index (χ4v) is 3.28. The Labute approximate surface area is 153 Å². The van der Waals surface area contributed by atoms with Crippen molar-refractivity contribution in [2.45, 2.75) is 39.7 Å². The normalized spacial score (nSPS) is 13.0. The second kappa shape index (κ2) is 7.56. The molecule has 0 radical (unpaired) electrons. The predicted molar refractivity (Wildman–Crippen MR) is 102 cm³/mol. The molecule has 0 unspecified atom stereocenters. The van der Waals surface area contributed by atoms with Gasteiger partial charge in [-0.05, 0) is 44.7 Å². The van der Waals surface area contributed by atoms with Crippen molar-refractivity contribution in [2.24, 2.45) is 0 Å². The molecule has 0 fully saturated rings. The van der Waals surface area contributed by atoms with Gasteiger partial charge in [-0.1, -0.05) is 23.8 Å². The lowest BCUT2D eigenvalue weighted by atomic mass is 10.1. The number of fused-ring (bicyclic) bond motifs is 1. The number of nitrogens with zero attached hydrogens (tertiary/aromatic N) is 2. The molecule has 0 saturated heterocycles. The number of amides is 2. The van der Waals surface area contributed by atoms with Gasteiger partial charge in [0.2, 0.25) is 0 Å². The van der Waals surface area contributed by atoms with Gasteiger partial charge in [-0.3, -0.25) is 9.59 Å². The number of hydrogen-bond donors (Lipinski definition) is 2. The molecule has 1 aliphatic rings. The topological polar surface area (TPSA) is 76.0 Å². The molecule has 1 aromatic carbocycles. The zero-order chi connectivity index (χ0) is 18.7. The molecule has 2 heterocycles. The van der Waals surface area contributed by atoms with Crippen LogP contribution in [0.5, 0.6) is 0 Å². The summed E-state index contributed by atoms with van der Waals surface area (Å²) in [5, 5.41) is 5.68. The number of aryl methyl sites for hydroxylation is 2. The van der Waals surface area contributed by atoms with Crippen LogP contribution in [-0.4, -0.2) is 27.9 Å². The Morgan fingerprint density at radius 3 is 2.81 bits per heavy atom. The van der Waals surface area contributed by atoms with Crippen molar-refractivity contribution in [3.8, 4) is 0 Å². The summed E-state index contributed by atoms with van der Waals surface area (Å²) in [5.74, 6) is -0.257. The molecule has 6 heteroatoms. The predicted octanol–water partition coefficient (Wildman–Crippen LogP) is 3.00. The Morgan fingerprint density at radius 2 is 2.08 bits per heavy atom. The molecule has 0 bridgehead atoms. The van der Waals surface area contributed by atoms with Crippen molar-refractivity contribution in [1.29, 1.82) is 0 Å². The average molecular weight is 352 g/mol. The summed E-state index contributed by atoms with van der Waals surface area (Å²) in [6, 6.07) is 5.86. The van der Waals surface area contributed by atoms with Gasteiger partial charge < -0.3 is 15.2 Å². The molecule has 136 valence electrons. The number of carbonyl (C=O) groups is 2. The summed E-state index contributed by atoms with van der Waals surface area (Å²) in [6.45, 7) is 8.64. The second-order valence-electron chi connectivity index (χ2n) is 6.61. The molecule has 6 nitrogen and oxygen atoms in total. The standard InChI is InChI=1S/C20H24N4O2/c1-4-10-21-19(25)17-16-7-5-6-11-24(16)18(23-17)20(26)22-15-9-8-13(2)12-14(15)3/h4,8-9,12H,1,5-7,10-11H2,2-3H3,(H,21,25)(H,22,26). The first kappa shape index (κ1) is 17.9. The van der Waals surface area contributed by atoms with Gasteiger partial charge in [0, 0.05) is 18.8 Å². The second-order valence-corrected chi connectivity index (χ2v) is 6.61. The van der Waals surface area contributed by atoms with Crippen LogP contribution in [0.3, 0.4) is 0 Å². The molecular formula is C20H24N4O2. The largest absolute Gasteiger partial charge is 0.347 e. The third-order valence-corrected chi connectivity index (χ3v) is 4.57. The number of aromatic nitrogens is 2. The number of carbonyl (C=O) groups excluding carboxylic acids is 2. The summed E-state index contributed by atoms with van der Waals surface area (Å²) >= 11 is 0. The minimum Gasteiger partial charge on any atom is -0.347 e. The van der Waals surface area contributed by atoms with Crippen LogP contribution in [0.2, 0.25) is 0 Å². The van der Waals surface area contributed by atoms with Crippen LogP contribution in [0.1, 0.15) is 50.8 Å². The Kier molecular flexibility index (Phi) is 5.21. The first-order valence-electron chi connectivity index (χ1n) is 8.88. The Morgan fingerprint density at radius 1 is 1.27 bits per heavy atom. The van der Waals surface area contributed by atoms with Gasteiger partial charge in [0.1, 0.15) is 5.69 Å². The van der Waals surface area contributed by atoms with Gasteiger partial charge in [-0.25, -0.2) is 4.98 Å². The molecule has 2 N–H and O–H groups in total. The highest BCUT2D eigenvalue weighted by molar-refractivity contribution is 6.04. The van der Waals surface area contributed by atoms with Crippen LogP contribution >= 0.6 is 0 Å². The quantitative estimate of drug-likeness (QED) is 0.812. The van der Waals surface area contributed by atoms with E-state index in [-0.39, 0.29) is 11.8 Å². The minimum absolute atomic E-state index is 0.263. The van der Waals surface area contributed by atoms with E-state index in [1.807, 2.05) is 36.6 Å². The van der Waals surface area contributed by atoms with Crippen molar-refractivity contribution in [2.75, 3.05) is 11.9 Å². The molecule has 2 aromatic rings. The third-order valence-electron chi connectivity index (χ3n) is 4.57. The summed E-state index contributed by atoms with van der Waals surface area (Å²) < 4.78 is 1.88.